The number of nitrogen functional groups attached to an aromatic ring is 1. The second kappa shape index (κ2) is 5.16. The number of amides is 2. The largest absolute Gasteiger partial charge is 0.418 e. The number of hydrogen-bond acceptors (Lipinski definition) is 2. The average molecular weight is 261 g/mol. The van der Waals surface area contributed by atoms with Gasteiger partial charge in [-0.1, -0.05) is 0 Å². The second-order valence-electron chi connectivity index (χ2n) is 3.75. The smallest absolute Gasteiger partial charge is 0.399 e. The summed E-state index contributed by atoms with van der Waals surface area (Å²) in [5.41, 5.74) is 4.05. The van der Waals surface area contributed by atoms with E-state index < -0.39 is 17.8 Å². The molecule has 0 heterocycles. The SMILES string of the molecule is CCN(C)C(=O)Nc1ccc(N)cc1C(F)(F)F. The summed E-state index contributed by atoms with van der Waals surface area (Å²) in [4.78, 5) is 12.8. The highest BCUT2D eigenvalue weighted by Gasteiger charge is 2.34. The number of urea groups is 1. The molecule has 0 aliphatic carbocycles. The molecule has 100 valence electrons. The first kappa shape index (κ1) is 14.1. The van der Waals surface area contributed by atoms with Crippen molar-refractivity contribution in [2.75, 3.05) is 24.6 Å². The Kier molecular flexibility index (Phi) is 4.05. The predicted molar refractivity (Wildman–Crippen MR) is 63.2 cm³/mol. The van der Waals surface area contributed by atoms with Crippen LogP contribution in [0.15, 0.2) is 18.2 Å². The van der Waals surface area contributed by atoms with Gasteiger partial charge in [-0.3, -0.25) is 0 Å². The molecule has 1 aromatic rings. The van der Waals surface area contributed by atoms with Crippen LogP contribution < -0.4 is 11.1 Å². The molecule has 0 saturated heterocycles. The van der Waals surface area contributed by atoms with Crippen LogP contribution >= 0.6 is 0 Å². The van der Waals surface area contributed by atoms with E-state index in [9.17, 15) is 18.0 Å². The number of alkyl halides is 3. The molecule has 0 fully saturated rings. The molecular weight excluding hydrogens is 247 g/mol. The first-order valence-electron chi connectivity index (χ1n) is 5.24. The molecular formula is C11H14F3N3O. The quantitative estimate of drug-likeness (QED) is 0.804. The van der Waals surface area contributed by atoms with Crippen LogP contribution in [0.5, 0.6) is 0 Å². The van der Waals surface area contributed by atoms with Gasteiger partial charge >= 0.3 is 12.2 Å². The van der Waals surface area contributed by atoms with E-state index in [4.69, 9.17) is 5.73 Å². The third kappa shape index (κ3) is 3.28. The number of nitrogens with zero attached hydrogens (tertiary/aromatic N) is 1. The van der Waals surface area contributed by atoms with Crippen molar-refractivity contribution in [3.63, 3.8) is 0 Å². The van der Waals surface area contributed by atoms with Crippen LogP contribution in [0.2, 0.25) is 0 Å². The Labute approximate surface area is 103 Å². The minimum atomic E-state index is -4.57. The van der Waals surface area contributed by atoms with Gasteiger partial charge in [0.2, 0.25) is 0 Å². The van der Waals surface area contributed by atoms with Crippen molar-refractivity contribution in [3.8, 4) is 0 Å². The lowest BCUT2D eigenvalue weighted by Gasteiger charge is -2.18. The lowest BCUT2D eigenvalue weighted by Crippen LogP contribution is -2.31. The molecule has 0 bridgehead atoms. The van der Waals surface area contributed by atoms with Crippen LogP contribution in [0.1, 0.15) is 12.5 Å². The maximum absolute atomic E-state index is 12.7. The maximum atomic E-state index is 12.7. The van der Waals surface area contributed by atoms with Crippen molar-refractivity contribution in [1.29, 1.82) is 0 Å². The van der Waals surface area contributed by atoms with E-state index in [0.29, 0.717) is 6.54 Å². The molecule has 18 heavy (non-hydrogen) atoms. The molecule has 0 spiro atoms. The second-order valence-corrected chi connectivity index (χ2v) is 3.75. The van der Waals surface area contributed by atoms with E-state index in [0.717, 1.165) is 12.1 Å². The Morgan fingerprint density at radius 1 is 1.44 bits per heavy atom. The predicted octanol–water partition coefficient (Wildman–Crippen LogP) is 2.77. The highest BCUT2D eigenvalue weighted by molar-refractivity contribution is 5.90. The highest BCUT2D eigenvalue weighted by atomic mass is 19.4. The van der Waals surface area contributed by atoms with Crippen molar-refractivity contribution in [2.45, 2.75) is 13.1 Å². The summed E-state index contributed by atoms with van der Waals surface area (Å²) in [5, 5.41) is 2.21. The van der Waals surface area contributed by atoms with E-state index in [2.05, 4.69) is 5.32 Å². The molecule has 0 atom stereocenters. The molecule has 0 unspecified atom stereocenters. The third-order valence-electron chi connectivity index (χ3n) is 2.41. The van der Waals surface area contributed by atoms with Gasteiger partial charge in [-0.15, -0.1) is 0 Å². The molecule has 4 nitrogen and oxygen atoms in total. The van der Waals surface area contributed by atoms with Crippen molar-refractivity contribution < 1.29 is 18.0 Å². The van der Waals surface area contributed by atoms with Crippen molar-refractivity contribution in [2.24, 2.45) is 0 Å². The summed E-state index contributed by atoms with van der Waals surface area (Å²) in [7, 11) is 1.49. The Bertz CT molecular complexity index is 446. The lowest BCUT2D eigenvalue weighted by molar-refractivity contribution is -0.136. The molecule has 1 rings (SSSR count). The highest BCUT2D eigenvalue weighted by Crippen LogP contribution is 2.36. The molecule has 0 aliphatic rings. The van der Waals surface area contributed by atoms with Crippen LogP contribution in [0.4, 0.5) is 29.3 Å². The van der Waals surface area contributed by atoms with E-state index in [1.807, 2.05) is 0 Å². The summed E-state index contributed by atoms with van der Waals surface area (Å²) in [6.07, 6.45) is -4.57. The Hall–Kier alpha value is -1.92. The van der Waals surface area contributed by atoms with Crippen LogP contribution in [0, 0.1) is 0 Å². The zero-order valence-electron chi connectivity index (χ0n) is 10.0. The fraction of sp³-hybridized carbons (Fsp3) is 0.364. The van der Waals surface area contributed by atoms with Gasteiger partial charge in [0.25, 0.3) is 0 Å². The van der Waals surface area contributed by atoms with Crippen LogP contribution in [0.3, 0.4) is 0 Å². The third-order valence-corrected chi connectivity index (χ3v) is 2.41. The summed E-state index contributed by atoms with van der Waals surface area (Å²) in [6, 6.07) is 2.63. The number of carbonyl (C=O) groups is 1. The maximum Gasteiger partial charge on any atom is 0.418 e. The fourth-order valence-electron chi connectivity index (χ4n) is 1.26. The number of hydrogen-bond donors (Lipinski definition) is 2. The normalized spacial score (nSPS) is 11.2. The Morgan fingerprint density at radius 2 is 2.06 bits per heavy atom. The van der Waals surface area contributed by atoms with Crippen molar-refractivity contribution >= 4 is 17.4 Å². The summed E-state index contributed by atoms with van der Waals surface area (Å²) in [5.74, 6) is 0. The molecule has 2 amide bonds. The Balaban J connectivity index is 3.06. The number of anilines is 2. The summed E-state index contributed by atoms with van der Waals surface area (Å²) >= 11 is 0. The monoisotopic (exact) mass is 261 g/mol. The van der Waals surface area contributed by atoms with Crippen LogP contribution in [-0.4, -0.2) is 24.5 Å². The first-order chi connectivity index (χ1) is 8.25. The van der Waals surface area contributed by atoms with Gasteiger partial charge in [-0.25, -0.2) is 4.79 Å². The van der Waals surface area contributed by atoms with Crippen LogP contribution in [-0.2, 0) is 6.18 Å². The number of benzene rings is 1. The number of carbonyl (C=O) groups excluding carboxylic acids is 1. The van der Waals surface area contributed by atoms with Crippen LogP contribution in [0.25, 0.3) is 0 Å². The zero-order valence-corrected chi connectivity index (χ0v) is 10.0. The standard InChI is InChI=1S/C11H14F3N3O/c1-3-17(2)10(18)16-9-5-4-7(15)6-8(9)11(12,13)14/h4-6H,3,15H2,1-2H3,(H,16,18). The molecule has 0 aromatic heterocycles. The summed E-state index contributed by atoms with van der Waals surface area (Å²) in [6.45, 7) is 2.11. The zero-order chi connectivity index (χ0) is 13.9. The van der Waals surface area contributed by atoms with Gasteiger partial charge in [0.1, 0.15) is 0 Å². The van der Waals surface area contributed by atoms with E-state index in [-0.39, 0.29) is 11.4 Å². The summed E-state index contributed by atoms with van der Waals surface area (Å²) < 4.78 is 38.2. The van der Waals surface area contributed by atoms with Gasteiger partial charge in [0.05, 0.1) is 11.3 Å². The van der Waals surface area contributed by atoms with E-state index in [1.54, 1.807) is 6.92 Å². The minimum Gasteiger partial charge on any atom is -0.399 e. The topological polar surface area (TPSA) is 58.4 Å². The molecule has 0 aliphatic heterocycles. The number of nitrogens with two attached hydrogens (primary N) is 1. The molecule has 0 radical (unpaired) electrons. The average Bonchev–Trinajstić information content (AvgIpc) is 2.28. The van der Waals surface area contributed by atoms with E-state index in [1.165, 1.54) is 18.0 Å². The van der Waals surface area contributed by atoms with Gasteiger partial charge in [0.15, 0.2) is 0 Å². The molecule has 7 heteroatoms. The molecule has 3 N–H and O–H groups in total. The number of rotatable bonds is 2. The van der Waals surface area contributed by atoms with Crippen molar-refractivity contribution in [1.82, 2.24) is 4.90 Å². The van der Waals surface area contributed by atoms with Crippen molar-refractivity contribution in [3.05, 3.63) is 23.8 Å². The first-order valence-corrected chi connectivity index (χ1v) is 5.24. The van der Waals surface area contributed by atoms with Gasteiger partial charge in [-0.2, -0.15) is 13.2 Å². The fourth-order valence-corrected chi connectivity index (χ4v) is 1.26. The Morgan fingerprint density at radius 3 is 2.56 bits per heavy atom. The minimum absolute atomic E-state index is 0.0100. The van der Waals surface area contributed by atoms with Gasteiger partial charge in [0, 0.05) is 19.3 Å². The van der Waals surface area contributed by atoms with E-state index >= 15 is 0 Å². The number of halogens is 3. The lowest BCUT2D eigenvalue weighted by atomic mass is 10.1. The number of nitrogens with one attached hydrogen (secondary N) is 1. The molecule has 0 saturated carbocycles. The molecule has 1 aromatic carbocycles. The van der Waals surface area contributed by atoms with Gasteiger partial charge < -0.3 is 16.0 Å². The van der Waals surface area contributed by atoms with Gasteiger partial charge in [-0.05, 0) is 25.1 Å².